The zero-order valence-corrected chi connectivity index (χ0v) is 13.1. The Kier molecular flexibility index (Phi) is 4.59. The molecule has 0 spiro atoms. The van der Waals surface area contributed by atoms with Crippen LogP contribution in [-0.4, -0.2) is 41.4 Å². The van der Waals surface area contributed by atoms with E-state index in [1.165, 1.54) is 36.8 Å². The van der Waals surface area contributed by atoms with E-state index in [1.807, 2.05) is 0 Å². The summed E-state index contributed by atoms with van der Waals surface area (Å²) in [5, 5.41) is 0. The molecule has 0 N–H and O–H groups in total. The Morgan fingerprint density at radius 2 is 1.67 bits per heavy atom. The van der Waals surface area contributed by atoms with E-state index >= 15 is 0 Å². The summed E-state index contributed by atoms with van der Waals surface area (Å²) in [6.07, 6.45) is 6.10. The van der Waals surface area contributed by atoms with Crippen molar-refractivity contribution in [1.29, 1.82) is 0 Å². The Labute approximate surface area is 127 Å². The molecule has 0 saturated carbocycles. The number of amides is 1. The van der Waals surface area contributed by atoms with Crippen LogP contribution in [0.3, 0.4) is 0 Å². The summed E-state index contributed by atoms with van der Waals surface area (Å²) in [7, 11) is 0. The quantitative estimate of drug-likeness (QED) is 0.834. The van der Waals surface area contributed by atoms with Gasteiger partial charge in [-0.1, -0.05) is 37.1 Å². The molecule has 3 rings (SSSR count). The summed E-state index contributed by atoms with van der Waals surface area (Å²) < 4.78 is 0. The first kappa shape index (κ1) is 14.6. The van der Waals surface area contributed by atoms with Crippen molar-refractivity contribution < 1.29 is 4.79 Å². The van der Waals surface area contributed by atoms with Crippen molar-refractivity contribution in [2.45, 2.75) is 51.6 Å². The largest absolute Gasteiger partial charge is 0.337 e. The van der Waals surface area contributed by atoms with Gasteiger partial charge in [0.1, 0.15) is 0 Å². The van der Waals surface area contributed by atoms with Gasteiger partial charge in [-0.25, -0.2) is 0 Å². The fourth-order valence-electron chi connectivity index (χ4n) is 3.59. The zero-order chi connectivity index (χ0) is 14.7. The monoisotopic (exact) mass is 286 g/mol. The third-order valence-corrected chi connectivity index (χ3v) is 4.99. The molecule has 0 aliphatic carbocycles. The van der Waals surface area contributed by atoms with Crippen molar-refractivity contribution in [2.75, 3.05) is 19.6 Å². The van der Waals surface area contributed by atoms with Crippen molar-refractivity contribution in [3.8, 4) is 0 Å². The van der Waals surface area contributed by atoms with Crippen LogP contribution in [0.5, 0.6) is 0 Å². The highest BCUT2D eigenvalue weighted by molar-refractivity contribution is 5.81. The Hall–Kier alpha value is -1.35. The minimum atomic E-state index is 0.0355. The van der Waals surface area contributed by atoms with Crippen LogP contribution < -0.4 is 0 Å². The topological polar surface area (TPSA) is 23.6 Å². The van der Waals surface area contributed by atoms with Gasteiger partial charge in [0.25, 0.3) is 0 Å². The van der Waals surface area contributed by atoms with Gasteiger partial charge in [0.05, 0.1) is 6.04 Å². The highest BCUT2D eigenvalue weighted by Gasteiger charge is 2.28. The smallest absolute Gasteiger partial charge is 0.239 e. The van der Waals surface area contributed by atoms with E-state index in [-0.39, 0.29) is 6.04 Å². The van der Waals surface area contributed by atoms with Gasteiger partial charge < -0.3 is 4.90 Å². The fourth-order valence-corrected chi connectivity index (χ4v) is 3.59. The van der Waals surface area contributed by atoms with E-state index in [0.29, 0.717) is 5.91 Å². The molecule has 2 heterocycles. The fraction of sp³-hybridized carbons (Fsp3) is 0.611. The number of hydrogen-bond donors (Lipinski definition) is 0. The Bertz CT molecular complexity index is 492. The van der Waals surface area contributed by atoms with Gasteiger partial charge in [0, 0.05) is 13.1 Å². The lowest BCUT2D eigenvalue weighted by atomic mass is 9.99. The molecule has 0 aromatic heterocycles. The second-order valence-corrected chi connectivity index (χ2v) is 6.40. The molecule has 1 unspecified atom stereocenters. The molecule has 1 amide bonds. The van der Waals surface area contributed by atoms with Gasteiger partial charge in [0.15, 0.2) is 0 Å². The molecular formula is C18H26N2O. The zero-order valence-electron chi connectivity index (χ0n) is 13.1. The standard InChI is InChI=1S/C18H26N2O/c1-15(19-11-6-2-3-7-12-19)18(21)20-13-10-16-8-4-5-9-17(16)14-20/h4-5,8-9,15H,2-3,6-7,10-14H2,1H3. The second-order valence-electron chi connectivity index (χ2n) is 6.40. The lowest BCUT2D eigenvalue weighted by Gasteiger charge is -2.34. The van der Waals surface area contributed by atoms with Crippen molar-refractivity contribution in [2.24, 2.45) is 0 Å². The summed E-state index contributed by atoms with van der Waals surface area (Å²) in [4.78, 5) is 17.2. The highest BCUT2D eigenvalue weighted by atomic mass is 16.2. The number of rotatable bonds is 2. The average Bonchev–Trinajstić information content (AvgIpc) is 2.82. The molecule has 2 aliphatic rings. The summed E-state index contributed by atoms with van der Waals surface area (Å²) in [6, 6.07) is 8.55. The van der Waals surface area contributed by atoms with Crippen molar-refractivity contribution >= 4 is 5.91 Å². The number of carbonyl (C=O) groups excluding carboxylic acids is 1. The molecule has 1 aromatic carbocycles. The first-order valence-electron chi connectivity index (χ1n) is 8.35. The van der Waals surface area contributed by atoms with E-state index in [0.717, 1.165) is 32.6 Å². The first-order valence-corrected chi connectivity index (χ1v) is 8.35. The van der Waals surface area contributed by atoms with Gasteiger partial charge in [-0.2, -0.15) is 0 Å². The molecule has 2 aliphatic heterocycles. The molecule has 1 saturated heterocycles. The van der Waals surface area contributed by atoms with E-state index in [1.54, 1.807) is 0 Å². The molecule has 0 radical (unpaired) electrons. The van der Waals surface area contributed by atoms with Crippen LogP contribution >= 0.6 is 0 Å². The van der Waals surface area contributed by atoms with Crippen molar-refractivity contribution in [3.05, 3.63) is 35.4 Å². The molecule has 3 nitrogen and oxygen atoms in total. The van der Waals surface area contributed by atoms with E-state index < -0.39 is 0 Å². The minimum absolute atomic E-state index is 0.0355. The Morgan fingerprint density at radius 1 is 1.00 bits per heavy atom. The normalized spacial score (nSPS) is 21.5. The highest BCUT2D eigenvalue weighted by Crippen LogP contribution is 2.21. The molecule has 1 fully saturated rings. The number of likely N-dealkylation sites (tertiary alicyclic amines) is 1. The average molecular weight is 286 g/mol. The predicted octanol–water partition coefficient (Wildman–Crippen LogP) is 2.84. The van der Waals surface area contributed by atoms with Crippen LogP contribution in [0.1, 0.15) is 43.7 Å². The Morgan fingerprint density at radius 3 is 2.38 bits per heavy atom. The van der Waals surface area contributed by atoms with Crippen molar-refractivity contribution in [1.82, 2.24) is 9.80 Å². The Balaban J connectivity index is 1.65. The summed E-state index contributed by atoms with van der Waals surface area (Å²) >= 11 is 0. The maximum atomic E-state index is 12.8. The number of carbonyl (C=O) groups is 1. The number of fused-ring (bicyclic) bond motifs is 1. The molecule has 1 atom stereocenters. The maximum absolute atomic E-state index is 12.8. The summed E-state index contributed by atoms with van der Waals surface area (Å²) in [6.45, 7) is 5.91. The third-order valence-electron chi connectivity index (χ3n) is 4.99. The maximum Gasteiger partial charge on any atom is 0.239 e. The van der Waals surface area contributed by atoms with Gasteiger partial charge in [-0.15, -0.1) is 0 Å². The van der Waals surface area contributed by atoms with E-state index in [4.69, 9.17) is 0 Å². The lowest BCUT2D eigenvalue weighted by molar-refractivity contribution is -0.137. The number of nitrogens with zero attached hydrogens (tertiary/aromatic N) is 2. The lowest BCUT2D eigenvalue weighted by Crippen LogP contribution is -2.48. The molecule has 1 aromatic rings. The third kappa shape index (κ3) is 3.29. The number of hydrogen-bond acceptors (Lipinski definition) is 2. The SMILES string of the molecule is CC(C(=O)N1CCc2ccccc2C1)N1CCCCCC1. The molecular weight excluding hydrogens is 260 g/mol. The van der Waals surface area contributed by atoms with Gasteiger partial charge in [-0.05, 0) is 50.4 Å². The van der Waals surface area contributed by atoms with Crippen LogP contribution in [-0.2, 0) is 17.8 Å². The molecule has 3 heteroatoms. The molecule has 114 valence electrons. The van der Waals surface area contributed by atoms with Gasteiger partial charge in [-0.3, -0.25) is 9.69 Å². The summed E-state index contributed by atoms with van der Waals surface area (Å²) in [5.41, 5.74) is 2.73. The van der Waals surface area contributed by atoms with Gasteiger partial charge in [0.2, 0.25) is 5.91 Å². The first-order chi connectivity index (χ1) is 10.3. The van der Waals surface area contributed by atoms with Crippen LogP contribution in [0.25, 0.3) is 0 Å². The van der Waals surface area contributed by atoms with Crippen molar-refractivity contribution in [3.63, 3.8) is 0 Å². The van der Waals surface area contributed by atoms with Gasteiger partial charge >= 0.3 is 0 Å². The predicted molar refractivity (Wildman–Crippen MR) is 85.1 cm³/mol. The molecule has 0 bridgehead atoms. The molecule has 21 heavy (non-hydrogen) atoms. The van der Waals surface area contributed by atoms with Crippen LogP contribution in [0.2, 0.25) is 0 Å². The summed E-state index contributed by atoms with van der Waals surface area (Å²) in [5.74, 6) is 0.311. The second kappa shape index (κ2) is 6.61. The van der Waals surface area contributed by atoms with E-state index in [9.17, 15) is 4.79 Å². The number of benzene rings is 1. The van der Waals surface area contributed by atoms with Crippen LogP contribution in [0.15, 0.2) is 24.3 Å². The van der Waals surface area contributed by atoms with E-state index in [2.05, 4.69) is 41.0 Å². The minimum Gasteiger partial charge on any atom is -0.337 e. The van der Waals surface area contributed by atoms with Crippen LogP contribution in [0, 0.1) is 0 Å². The van der Waals surface area contributed by atoms with Crippen LogP contribution in [0.4, 0.5) is 0 Å².